The van der Waals surface area contributed by atoms with Gasteiger partial charge >= 0.3 is 0 Å². The Morgan fingerprint density at radius 2 is 1.79 bits per heavy atom. The van der Waals surface area contributed by atoms with Gasteiger partial charge in [-0.1, -0.05) is 53.7 Å². The molecule has 0 saturated carbocycles. The molecule has 3 aromatic carbocycles. The van der Waals surface area contributed by atoms with E-state index >= 15 is 0 Å². The van der Waals surface area contributed by atoms with Crippen molar-refractivity contribution in [2.24, 2.45) is 5.10 Å². The smallest absolute Gasteiger partial charge is 0.250 e. The van der Waals surface area contributed by atoms with Gasteiger partial charge in [0.1, 0.15) is 5.75 Å². The molecule has 0 aliphatic rings. The van der Waals surface area contributed by atoms with E-state index < -0.39 is 0 Å². The fourth-order valence-corrected chi connectivity index (χ4v) is 3.99. The van der Waals surface area contributed by atoms with Gasteiger partial charge in [0.2, 0.25) is 0 Å². The van der Waals surface area contributed by atoms with Gasteiger partial charge in [-0.15, -0.1) is 10.2 Å². The van der Waals surface area contributed by atoms with Gasteiger partial charge in [0.25, 0.3) is 5.91 Å². The van der Waals surface area contributed by atoms with Crippen LogP contribution in [0, 0.1) is 0 Å². The molecule has 0 atom stereocenters. The van der Waals surface area contributed by atoms with E-state index in [2.05, 4.69) is 20.7 Å². The zero-order valence-electron chi connectivity index (χ0n) is 18.4. The van der Waals surface area contributed by atoms with E-state index in [1.165, 1.54) is 11.8 Å². The van der Waals surface area contributed by atoms with Crippen LogP contribution in [0.15, 0.2) is 89.1 Å². The van der Waals surface area contributed by atoms with Crippen LogP contribution in [0.4, 0.5) is 0 Å². The van der Waals surface area contributed by atoms with Crippen molar-refractivity contribution in [3.63, 3.8) is 0 Å². The number of ether oxygens (including phenoxy) is 1. The third-order valence-corrected chi connectivity index (χ3v) is 5.86. The van der Waals surface area contributed by atoms with Crippen molar-refractivity contribution in [3.8, 4) is 22.8 Å². The lowest BCUT2D eigenvalue weighted by atomic mass is 10.2. The highest BCUT2D eigenvalue weighted by Crippen LogP contribution is 2.28. The van der Waals surface area contributed by atoms with Gasteiger partial charge in [0, 0.05) is 16.3 Å². The Morgan fingerprint density at radius 1 is 1.06 bits per heavy atom. The molecule has 0 fully saturated rings. The first-order valence-electron chi connectivity index (χ1n) is 10.6. The Hall–Kier alpha value is -3.62. The number of nitrogens with one attached hydrogen (secondary N) is 1. The van der Waals surface area contributed by atoms with Crippen molar-refractivity contribution >= 4 is 35.5 Å². The lowest BCUT2D eigenvalue weighted by Crippen LogP contribution is -2.20. The quantitative estimate of drug-likeness (QED) is 0.197. The molecule has 0 spiro atoms. The number of benzene rings is 3. The number of carbonyl (C=O) groups excluding carboxylic acids is 1. The van der Waals surface area contributed by atoms with Crippen molar-refractivity contribution in [1.29, 1.82) is 0 Å². The molecule has 0 saturated heterocycles. The number of rotatable bonds is 9. The van der Waals surface area contributed by atoms with Crippen LogP contribution in [0.3, 0.4) is 0 Å². The van der Waals surface area contributed by atoms with Gasteiger partial charge in [0.05, 0.1) is 18.6 Å². The van der Waals surface area contributed by atoms with Crippen LogP contribution in [0.1, 0.15) is 12.5 Å². The van der Waals surface area contributed by atoms with E-state index in [9.17, 15) is 4.79 Å². The second-order valence-corrected chi connectivity index (χ2v) is 8.45. The van der Waals surface area contributed by atoms with E-state index in [1.807, 2.05) is 90.4 Å². The molecular formula is C25H22ClN5O2S. The first kappa shape index (κ1) is 23.5. The monoisotopic (exact) mass is 491 g/mol. The van der Waals surface area contributed by atoms with Crippen molar-refractivity contribution < 1.29 is 9.53 Å². The van der Waals surface area contributed by atoms with Crippen LogP contribution >= 0.6 is 23.4 Å². The van der Waals surface area contributed by atoms with Gasteiger partial charge in [-0.3, -0.25) is 9.36 Å². The third-order valence-electron chi connectivity index (χ3n) is 4.68. The predicted octanol–water partition coefficient (Wildman–Crippen LogP) is 5.23. The minimum atomic E-state index is -0.251. The Bertz CT molecular complexity index is 1260. The summed E-state index contributed by atoms with van der Waals surface area (Å²) in [6, 6.07) is 24.6. The average molecular weight is 492 g/mol. The summed E-state index contributed by atoms with van der Waals surface area (Å²) in [6.07, 6.45) is 1.59. The summed E-state index contributed by atoms with van der Waals surface area (Å²) in [5, 5.41) is 14.0. The Kier molecular flexibility index (Phi) is 7.95. The molecule has 1 N–H and O–H groups in total. The number of hydrogen-bond acceptors (Lipinski definition) is 6. The van der Waals surface area contributed by atoms with Crippen molar-refractivity contribution in [2.45, 2.75) is 12.1 Å². The summed E-state index contributed by atoms with van der Waals surface area (Å²) >= 11 is 7.35. The number of amides is 1. The molecule has 0 unspecified atom stereocenters. The largest absolute Gasteiger partial charge is 0.494 e. The standard InChI is InChI=1S/C25H22ClN5O2S/c1-2-33-22-14-8-18(9-15-22)16-27-28-23(32)17-34-25-30-29-24(19-6-4-3-5-7-19)31(25)21-12-10-20(26)11-13-21/h3-16H,2,17H2,1H3,(H,28,32). The van der Waals surface area contributed by atoms with E-state index in [0.717, 1.165) is 22.6 Å². The van der Waals surface area contributed by atoms with Crippen LogP contribution < -0.4 is 10.2 Å². The Balaban J connectivity index is 1.44. The molecule has 0 aliphatic carbocycles. The summed E-state index contributed by atoms with van der Waals surface area (Å²) in [7, 11) is 0. The second kappa shape index (κ2) is 11.5. The SMILES string of the molecule is CCOc1ccc(C=NNC(=O)CSc2nnc(-c3ccccc3)n2-c2ccc(Cl)cc2)cc1. The first-order chi connectivity index (χ1) is 16.6. The summed E-state index contributed by atoms with van der Waals surface area (Å²) in [6.45, 7) is 2.54. The topological polar surface area (TPSA) is 81.4 Å². The molecular weight excluding hydrogens is 470 g/mol. The fraction of sp³-hybridized carbons (Fsp3) is 0.120. The maximum Gasteiger partial charge on any atom is 0.250 e. The minimum absolute atomic E-state index is 0.126. The van der Waals surface area contributed by atoms with Crippen LogP contribution in [0.2, 0.25) is 5.02 Å². The maximum absolute atomic E-state index is 12.4. The lowest BCUT2D eigenvalue weighted by molar-refractivity contribution is -0.118. The van der Waals surface area contributed by atoms with Gasteiger partial charge in [-0.2, -0.15) is 5.10 Å². The third kappa shape index (κ3) is 6.03. The molecule has 0 radical (unpaired) electrons. The number of halogens is 1. The number of carbonyl (C=O) groups is 1. The molecule has 1 aromatic heterocycles. The van der Waals surface area contributed by atoms with Crippen LogP contribution in [0.25, 0.3) is 17.1 Å². The lowest BCUT2D eigenvalue weighted by Gasteiger charge is -2.10. The zero-order chi connectivity index (χ0) is 23.8. The zero-order valence-corrected chi connectivity index (χ0v) is 20.0. The van der Waals surface area contributed by atoms with E-state index in [4.69, 9.17) is 16.3 Å². The summed E-state index contributed by atoms with van der Waals surface area (Å²) in [4.78, 5) is 12.4. The van der Waals surface area contributed by atoms with Gasteiger partial charge < -0.3 is 4.74 Å². The molecule has 34 heavy (non-hydrogen) atoms. The summed E-state index contributed by atoms with van der Waals surface area (Å²) in [5.41, 5.74) is 5.17. The highest BCUT2D eigenvalue weighted by Gasteiger charge is 2.17. The first-order valence-corrected chi connectivity index (χ1v) is 11.9. The van der Waals surface area contributed by atoms with Crippen LogP contribution in [-0.4, -0.2) is 39.2 Å². The highest BCUT2D eigenvalue weighted by molar-refractivity contribution is 7.99. The summed E-state index contributed by atoms with van der Waals surface area (Å²) < 4.78 is 7.33. The Labute approximate surface area is 206 Å². The molecule has 9 heteroatoms. The minimum Gasteiger partial charge on any atom is -0.494 e. The van der Waals surface area contributed by atoms with Crippen LogP contribution in [-0.2, 0) is 4.79 Å². The fourth-order valence-electron chi connectivity index (χ4n) is 3.12. The van der Waals surface area contributed by atoms with E-state index in [0.29, 0.717) is 22.6 Å². The maximum atomic E-state index is 12.4. The highest BCUT2D eigenvalue weighted by atomic mass is 35.5. The van der Waals surface area contributed by atoms with Gasteiger partial charge in [-0.25, -0.2) is 5.43 Å². The number of aromatic nitrogens is 3. The molecule has 1 amide bonds. The molecule has 4 aromatic rings. The van der Waals surface area contributed by atoms with Gasteiger partial charge in [-0.05, 0) is 61.0 Å². The van der Waals surface area contributed by atoms with E-state index in [-0.39, 0.29) is 11.7 Å². The van der Waals surface area contributed by atoms with Crippen molar-refractivity contribution in [3.05, 3.63) is 89.4 Å². The number of hydrogen-bond donors (Lipinski definition) is 1. The van der Waals surface area contributed by atoms with Crippen molar-refractivity contribution in [1.82, 2.24) is 20.2 Å². The summed E-state index contributed by atoms with van der Waals surface area (Å²) in [5.74, 6) is 1.35. The number of thioether (sulfide) groups is 1. The van der Waals surface area contributed by atoms with Crippen molar-refractivity contribution in [2.75, 3.05) is 12.4 Å². The second-order valence-electron chi connectivity index (χ2n) is 7.07. The normalized spacial score (nSPS) is 11.0. The molecule has 172 valence electrons. The Morgan fingerprint density at radius 3 is 2.50 bits per heavy atom. The number of hydrazone groups is 1. The number of nitrogens with zero attached hydrogens (tertiary/aromatic N) is 4. The predicted molar refractivity (Wildman–Crippen MR) is 136 cm³/mol. The van der Waals surface area contributed by atoms with Crippen LogP contribution in [0.5, 0.6) is 5.75 Å². The van der Waals surface area contributed by atoms with E-state index in [1.54, 1.807) is 6.21 Å². The molecule has 4 rings (SSSR count). The molecule has 1 heterocycles. The molecule has 0 bridgehead atoms. The average Bonchev–Trinajstić information content (AvgIpc) is 3.29. The van der Waals surface area contributed by atoms with Gasteiger partial charge in [0.15, 0.2) is 11.0 Å². The molecule has 0 aliphatic heterocycles. The molecule has 7 nitrogen and oxygen atoms in total.